The van der Waals surface area contributed by atoms with Crippen LogP contribution in [0.4, 0.5) is 11.8 Å². The van der Waals surface area contributed by atoms with Crippen LogP contribution in [0.2, 0.25) is 0 Å². The van der Waals surface area contributed by atoms with Crippen molar-refractivity contribution in [1.29, 1.82) is 0 Å². The lowest BCUT2D eigenvalue weighted by Gasteiger charge is -2.08. The van der Waals surface area contributed by atoms with Gasteiger partial charge in [0.25, 0.3) is 0 Å². The van der Waals surface area contributed by atoms with Gasteiger partial charge in [-0.25, -0.2) is 4.98 Å². The Morgan fingerprint density at radius 1 is 0.773 bits per heavy atom. The summed E-state index contributed by atoms with van der Waals surface area (Å²) in [5.74, 6) is 1.36. The number of anilines is 2. The lowest BCUT2D eigenvalue weighted by atomic mass is 10.3. The van der Waals surface area contributed by atoms with Crippen LogP contribution >= 0.6 is 0 Å². The Hall–Kier alpha value is -3.02. The molecular formula is C16H16N6. The molecule has 0 aliphatic rings. The molecule has 2 N–H and O–H groups in total. The Morgan fingerprint density at radius 3 is 2.45 bits per heavy atom. The predicted molar refractivity (Wildman–Crippen MR) is 85.2 cm³/mol. The zero-order valence-electron chi connectivity index (χ0n) is 12.0. The van der Waals surface area contributed by atoms with E-state index in [1.54, 1.807) is 24.8 Å². The average molecular weight is 292 g/mol. The maximum absolute atomic E-state index is 4.43. The summed E-state index contributed by atoms with van der Waals surface area (Å²) in [6.45, 7) is 1.34. The molecule has 3 aromatic heterocycles. The molecule has 6 nitrogen and oxygen atoms in total. The van der Waals surface area contributed by atoms with Crippen LogP contribution in [0.25, 0.3) is 0 Å². The van der Waals surface area contributed by atoms with E-state index >= 15 is 0 Å². The fourth-order valence-electron chi connectivity index (χ4n) is 1.92. The zero-order chi connectivity index (χ0) is 15.0. The van der Waals surface area contributed by atoms with Gasteiger partial charge >= 0.3 is 0 Å². The fraction of sp³-hybridized carbons (Fsp3) is 0.125. The Bertz CT molecular complexity index is 643. The number of rotatable bonds is 6. The lowest BCUT2D eigenvalue weighted by Crippen LogP contribution is -2.06. The first-order chi connectivity index (χ1) is 10.9. The number of pyridine rings is 2. The third-order valence-corrected chi connectivity index (χ3v) is 3.05. The summed E-state index contributed by atoms with van der Waals surface area (Å²) in [5, 5.41) is 6.46. The van der Waals surface area contributed by atoms with Gasteiger partial charge in [0.2, 0.25) is 5.95 Å². The van der Waals surface area contributed by atoms with Crippen LogP contribution in [-0.4, -0.2) is 19.9 Å². The van der Waals surface area contributed by atoms with Gasteiger partial charge in [0.1, 0.15) is 5.82 Å². The second-order valence-corrected chi connectivity index (χ2v) is 4.69. The standard InChI is InChI=1S/C16H16N6/c1-2-14(10-18-6-1)12-21-16-19-9-5-15(22-16)20-11-13-3-7-17-8-4-13/h1-10H,11-12H2,(H2,19,20,21,22). The molecule has 0 aliphatic carbocycles. The summed E-state index contributed by atoms with van der Waals surface area (Å²) >= 11 is 0. The van der Waals surface area contributed by atoms with Gasteiger partial charge in [-0.3, -0.25) is 9.97 Å². The minimum Gasteiger partial charge on any atom is -0.366 e. The van der Waals surface area contributed by atoms with Crippen LogP contribution in [0.5, 0.6) is 0 Å². The second-order valence-electron chi connectivity index (χ2n) is 4.69. The SMILES string of the molecule is c1cncc(CNc2nccc(NCc3ccncc3)n2)c1. The largest absolute Gasteiger partial charge is 0.366 e. The van der Waals surface area contributed by atoms with E-state index in [1.165, 1.54) is 0 Å². The highest BCUT2D eigenvalue weighted by Gasteiger charge is 2.00. The van der Waals surface area contributed by atoms with Gasteiger partial charge in [0.15, 0.2) is 0 Å². The quantitative estimate of drug-likeness (QED) is 0.727. The number of hydrogen-bond donors (Lipinski definition) is 2. The molecule has 3 rings (SSSR count). The summed E-state index contributed by atoms with van der Waals surface area (Å²) in [6.07, 6.45) is 8.85. The summed E-state index contributed by atoms with van der Waals surface area (Å²) < 4.78 is 0. The van der Waals surface area contributed by atoms with Crippen LogP contribution in [0.15, 0.2) is 61.3 Å². The van der Waals surface area contributed by atoms with Crippen molar-refractivity contribution in [3.05, 3.63) is 72.4 Å². The fourth-order valence-corrected chi connectivity index (χ4v) is 1.92. The van der Waals surface area contributed by atoms with Gasteiger partial charge in [-0.2, -0.15) is 4.98 Å². The van der Waals surface area contributed by atoms with Crippen molar-refractivity contribution < 1.29 is 0 Å². The molecule has 0 saturated heterocycles. The van der Waals surface area contributed by atoms with E-state index in [0.717, 1.165) is 16.9 Å². The van der Waals surface area contributed by atoms with E-state index in [2.05, 4.69) is 30.6 Å². The smallest absolute Gasteiger partial charge is 0.224 e. The van der Waals surface area contributed by atoms with E-state index in [1.807, 2.05) is 36.5 Å². The zero-order valence-corrected chi connectivity index (χ0v) is 12.0. The minimum atomic E-state index is 0.587. The molecule has 0 atom stereocenters. The van der Waals surface area contributed by atoms with Crippen LogP contribution in [-0.2, 0) is 13.1 Å². The Kier molecular flexibility index (Phi) is 4.51. The van der Waals surface area contributed by atoms with Crippen molar-refractivity contribution in [1.82, 2.24) is 19.9 Å². The number of nitrogens with zero attached hydrogens (tertiary/aromatic N) is 4. The van der Waals surface area contributed by atoms with E-state index in [9.17, 15) is 0 Å². The highest BCUT2D eigenvalue weighted by atomic mass is 15.1. The number of aromatic nitrogens is 4. The molecule has 0 aromatic carbocycles. The van der Waals surface area contributed by atoms with Crippen molar-refractivity contribution in [3.63, 3.8) is 0 Å². The van der Waals surface area contributed by atoms with Crippen molar-refractivity contribution in [2.45, 2.75) is 13.1 Å². The maximum atomic E-state index is 4.43. The molecule has 3 aromatic rings. The average Bonchev–Trinajstić information content (AvgIpc) is 2.60. The Morgan fingerprint density at radius 2 is 1.64 bits per heavy atom. The molecule has 0 bridgehead atoms. The van der Waals surface area contributed by atoms with Crippen LogP contribution in [0.1, 0.15) is 11.1 Å². The van der Waals surface area contributed by atoms with Crippen LogP contribution < -0.4 is 10.6 Å². The lowest BCUT2D eigenvalue weighted by molar-refractivity contribution is 1.02. The first-order valence-corrected chi connectivity index (χ1v) is 6.99. The summed E-state index contributed by atoms with van der Waals surface area (Å²) in [6, 6.07) is 9.69. The summed E-state index contributed by atoms with van der Waals surface area (Å²) in [7, 11) is 0. The van der Waals surface area contributed by atoms with Crippen molar-refractivity contribution in [2.24, 2.45) is 0 Å². The number of nitrogens with one attached hydrogen (secondary N) is 2. The highest BCUT2D eigenvalue weighted by Crippen LogP contribution is 2.09. The first-order valence-electron chi connectivity index (χ1n) is 6.99. The van der Waals surface area contributed by atoms with Gasteiger partial charge in [-0.05, 0) is 35.4 Å². The third kappa shape index (κ3) is 3.99. The van der Waals surface area contributed by atoms with Gasteiger partial charge in [0.05, 0.1) is 0 Å². The Labute approximate surface area is 128 Å². The molecule has 3 heterocycles. The van der Waals surface area contributed by atoms with Gasteiger partial charge in [0, 0.05) is 44.1 Å². The molecule has 22 heavy (non-hydrogen) atoms. The molecule has 0 radical (unpaired) electrons. The monoisotopic (exact) mass is 292 g/mol. The van der Waals surface area contributed by atoms with Crippen molar-refractivity contribution in [2.75, 3.05) is 10.6 Å². The molecule has 110 valence electrons. The molecular weight excluding hydrogens is 276 g/mol. The van der Waals surface area contributed by atoms with E-state index < -0.39 is 0 Å². The Balaban J connectivity index is 1.58. The second kappa shape index (κ2) is 7.12. The molecule has 0 aliphatic heterocycles. The highest BCUT2D eigenvalue weighted by molar-refractivity contribution is 5.40. The molecule has 0 unspecified atom stereocenters. The van der Waals surface area contributed by atoms with Crippen molar-refractivity contribution >= 4 is 11.8 Å². The van der Waals surface area contributed by atoms with Crippen LogP contribution in [0.3, 0.4) is 0 Å². The van der Waals surface area contributed by atoms with E-state index in [4.69, 9.17) is 0 Å². The number of hydrogen-bond acceptors (Lipinski definition) is 6. The topological polar surface area (TPSA) is 75.6 Å². The summed E-state index contributed by atoms with van der Waals surface area (Å²) in [5.41, 5.74) is 2.24. The first kappa shape index (κ1) is 13.9. The maximum Gasteiger partial charge on any atom is 0.224 e. The normalized spacial score (nSPS) is 10.2. The third-order valence-electron chi connectivity index (χ3n) is 3.05. The molecule has 0 amide bonds. The van der Waals surface area contributed by atoms with E-state index in [0.29, 0.717) is 19.0 Å². The summed E-state index contributed by atoms with van der Waals surface area (Å²) in [4.78, 5) is 16.7. The molecule has 0 saturated carbocycles. The molecule has 6 heteroatoms. The van der Waals surface area contributed by atoms with Gasteiger partial charge in [-0.15, -0.1) is 0 Å². The molecule has 0 fully saturated rings. The molecule has 0 spiro atoms. The van der Waals surface area contributed by atoms with Gasteiger partial charge < -0.3 is 10.6 Å². The van der Waals surface area contributed by atoms with Crippen molar-refractivity contribution in [3.8, 4) is 0 Å². The van der Waals surface area contributed by atoms with Crippen LogP contribution in [0, 0.1) is 0 Å². The van der Waals surface area contributed by atoms with Gasteiger partial charge in [-0.1, -0.05) is 6.07 Å². The van der Waals surface area contributed by atoms with E-state index in [-0.39, 0.29) is 0 Å². The predicted octanol–water partition coefficient (Wildman–Crippen LogP) is 2.49. The minimum absolute atomic E-state index is 0.587.